The summed E-state index contributed by atoms with van der Waals surface area (Å²) < 4.78 is 10.8. The maximum absolute atomic E-state index is 5.43. The van der Waals surface area contributed by atoms with Gasteiger partial charge in [0.25, 0.3) is 0 Å². The van der Waals surface area contributed by atoms with E-state index < -0.39 is 0 Å². The van der Waals surface area contributed by atoms with Crippen molar-refractivity contribution >= 4 is 12.9 Å². The molecule has 0 spiro atoms. The lowest BCUT2D eigenvalue weighted by Gasteiger charge is -2.33. The van der Waals surface area contributed by atoms with Gasteiger partial charge >= 0.3 is 0 Å². The highest BCUT2D eigenvalue weighted by Gasteiger charge is 2.21. The average Bonchev–Trinajstić information content (AvgIpc) is 2.90. The molecule has 2 unspecified atom stereocenters. The Balaban J connectivity index is 2.12. The molecule has 0 aliphatic carbocycles. The lowest BCUT2D eigenvalue weighted by molar-refractivity contribution is 0.174. The Labute approximate surface area is 117 Å². The zero-order valence-electron chi connectivity index (χ0n) is 12.3. The van der Waals surface area contributed by atoms with Gasteiger partial charge in [-0.2, -0.15) is 0 Å². The van der Waals surface area contributed by atoms with Crippen molar-refractivity contribution in [2.24, 2.45) is 0 Å². The summed E-state index contributed by atoms with van der Waals surface area (Å²) in [5.74, 6) is 1.69. The Kier molecular flexibility index (Phi) is 4.75. The summed E-state index contributed by atoms with van der Waals surface area (Å²) >= 11 is 0. The zero-order valence-corrected chi connectivity index (χ0v) is 12.3. The monoisotopic (exact) mass is 260 g/mol. The van der Waals surface area contributed by atoms with Crippen LogP contribution in [-0.2, 0) is 0 Å². The van der Waals surface area contributed by atoms with Crippen LogP contribution < -0.4 is 14.9 Å². The smallest absolute Gasteiger partial charge is 0.248 e. The predicted octanol–water partition coefficient (Wildman–Crippen LogP) is 2.56. The second-order valence-electron chi connectivity index (χ2n) is 5.20. The Morgan fingerprint density at radius 2 is 1.74 bits per heavy atom. The fourth-order valence-corrected chi connectivity index (χ4v) is 2.28. The van der Waals surface area contributed by atoms with E-state index in [2.05, 4.69) is 52.1 Å². The van der Waals surface area contributed by atoms with E-state index >= 15 is 0 Å². The fourth-order valence-electron chi connectivity index (χ4n) is 2.28. The van der Waals surface area contributed by atoms with Crippen molar-refractivity contribution in [3.05, 3.63) is 18.2 Å². The van der Waals surface area contributed by atoms with Crippen molar-refractivity contribution in [2.45, 2.75) is 52.6 Å². The molecule has 4 heteroatoms. The highest BCUT2D eigenvalue weighted by Crippen LogP contribution is 2.30. The van der Waals surface area contributed by atoms with Crippen LogP contribution in [0.5, 0.6) is 11.5 Å². The van der Waals surface area contributed by atoms with E-state index in [-0.39, 0.29) is 0 Å². The Bertz CT molecular complexity index is 415. The molecular weight excluding hydrogens is 237 g/mol. The summed E-state index contributed by atoms with van der Waals surface area (Å²) in [4.78, 5) is 2.44. The van der Waals surface area contributed by atoms with Crippen LogP contribution >= 0.6 is 0 Å². The van der Waals surface area contributed by atoms with E-state index in [0.717, 1.165) is 24.3 Å². The van der Waals surface area contributed by atoms with Gasteiger partial charge in [-0.3, -0.25) is 0 Å². The lowest BCUT2D eigenvalue weighted by atomic mass is 9.77. The number of hydrogen-bond donors (Lipinski definition) is 0. The molecule has 0 saturated carbocycles. The number of hydrogen-bond acceptors (Lipinski definition) is 3. The van der Waals surface area contributed by atoms with Crippen LogP contribution in [0.25, 0.3) is 0 Å². The van der Waals surface area contributed by atoms with Crippen LogP contribution in [0.15, 0.2) is 18.2 Å². The van der Waals surface area contributed by atoms with Gasteiger partial charge in [0.1, 0.15) is 0 Å². The maximum atomic E-state index is 5.43. The van der Waals surface area contributed by atoms with Crippen LogP contribution in [-0.4, -0.2) is 31.1 Å². The molecule has 0 fully saturated rings. The third-order valence-corrected chi connectivity index (χ3v) is 3.89. The second-order valence-corrected chi connectivity index (χ2v) is 5.20. The van der Waals surface area contributed by atoms with Gasteiger partial charge in [0.05, 0.1) is 0 Å². The normalized spacial score (nSPS) is 16.5. The summed E-state index contributed by atoms with van der Waals surface area (Å²) in [6.45, 7) is 9.34. The van der Waals surface area contributed by atoms with E-state index in [1.54, 1.807) is 0 Å². The molecule has 1 radical (unpaired) electrons. The van der Waals surface area contributed by atoms with Crippen molar-refractivity contribution in [2.75, 3.05) is 6.79 Å². The number of fused-ring (bicyclic) bond motifs is 1. The van der Waals surface area contributed by atoms with Crippen molar-refractivity contribution < 1.29 is 9.47 Å². The molecule has 1 aliphatic heterocycles. The van der Waals surface area contributed by atoms with Gasteiger partial charge in [-0.1, -0.05) is 39.2 Å². The minimum absolute atomic E-state index is 0.333. The van der Waals surface area contributed by atoms with Gasteiger partial charge in [0.15, 0.2) is 11.5 Å². The van der Waals surface area contributed by atoms with Crippen LogP contribution in [0.1, 0.15) is 40.5 Å². The minimum Gasteiger partial charge on any atom is -0.454 e. The molecule has 2 rings (SSSR count). The Morgan fingerprint density at radius 3 is 2.37 bits per heavy atom. The first kappa shape index (κ1) is 14.3. The molecule has 0 aromatic heterocycles. The summed E-state index contributed by atoms with van der Waals surface area (Å²) in [7, 11) is 2.24. The fraction of sp³-hybridized carbons (Fsp3) is 0.600. The van der Waals surface area contributed by atoms with Gasteiger partial charge < -0.3 is 14.3 Å². The van der Waals surface area contributed by atoms with Crippen molar-refractivity contribution in [3.8, 4) is 11.5 Å². The third-order valence-electron chi connectivity index (χ3n) is 3.89. The molecule has 3 nitrogen and oxygen atoms in total. The van der Waals surface area contributed by atoms with Crippen LogP contribution in [0.4, 0.5) is 0 Å². The third kappa shape index (κ3) is 3.24. The van der Waals surface area contributed by atoms with Gasteiger partial charge in [-0.25, -0.2) is 0 Å². The molecule has 0 bridgehead atoms. The molecule has 1 aliphatic rings. The van der Waals surface area contributed by atoms with Crippen molar-refractivity contribution in [1.29, 1.82) is 0 Å². The summed E-state index contributed by atoms with van der Waals surface area (Å²) in [6.07, 6.45) is 2.29. The largest absolute Gasteiger partial charge is 0.454 e. The van der Waals surface area contributed by atoms with Crippen LogP contribution in [0.2, 0.25) is 0 Å². The summed E-state index contributed by atoms with van der Waals surface area (Å²) in [5.41, 5.74) is 1.17. The molecule has 0 N–H and O–H groups in total. The van der Waals surface area contributed by atoms with E-state index in [1.165, 1.54) is 5.46 Å². The summed E-state index contributed by atoms with van der Waals surface area (Å²) in [5, 5.41) is 0. The van der Waals surface area contributed by atoms with Gasteiger partial charge in [-0.15, -0.1) is 0 Å². The molecule has 2 atom stereocenters. The molecule has 0 saturated heterocycles. The van der Waals surface area contributed by atoms with Crippen LogP contribution in [0, 0.1) is 0 Å². The quantitative estimate of drug-likeness (QED) is 0.734. The highest BCUT2D eigenvalue weighted by molar-refractivity contribution is 6.50. The minimum atomic E-state index is 0.333. The van der Waals surface area contributed by atoms with E-state index in [9.17, 15) is 0 Å². The van der Waals surface area contributed by atoms with E-state index in [1.807, 2.05) is 6.07 Å². The molecule has 1 heterocycles. The lowest BCUT2D eigenvalue weighted by Crippen LogP contribution is -2.46. The van der Waals surface area contributed by atoms with Crippen molar-refractivity contribution in [1.82, 2.24) is 4.81 Å². The number of ether oxygens (including phenoxy) is 2. The maximum Gasteiger partial charge on any atom is 0.248 e. The Hall–Kier alpha value is -1.16. The van der Waals surface area contributed by atoms with E-state index in [4.69, 9.17) is 9.47 Å². The average molecular weight is 260 g/mol. The first-order chi connectivity index (χ1) is 9.15. The highest BCUT2D eigenvalue weighted by atomic mass is 16.7. The van der Waals surface area contributed by atoms with E-state index in [0.29, 0.717) is 18.9 Å². The van der Waals surface area contributed by atoms with Crippen molar-refractivity contribution in [3.63, 3.8) is 0 Å². The number of rotatable bonds is 6. The number of benzene rings is 1. The molecule has 19 heavy (non-hydrogen) atoms. The van der Waals surface area contributed by atoms with Crippen LogP contribution in [0.3, 0.4) is 0 Å². The van der Waals surface area contributed by atoms with Gasteiger partial charge in [-0.05, 0) is 37.1 Å². The molecule has 0 amide bonds. The predicted molar refractivity (Wildman–Crippen MR) is 79.3 cm³/mol. The Morgan fingerprint density at radius 1 is 1.11 bits per heavy atom. The standard InChI is InChI=1S/C15H23BNO2/c1-5-11(3)17(12(4)6-2)16-13-7-8-14-15(9-13)19-10-18-14/h7-9,11-12H,5-6,10H2,1-4H3. The van der Waals surface area contributed by atoms with Gasteiger partial charge in [0.2, 0.25) is 14.2 Å². The molecular formula is C15H23BNO2. The molecule has 103 valence electrons. The molecule has 1 aromatic carbocycles. The first-order valence-corrected chi connectivity index (χ1v) is 7.17. The SMILES string of the molecule is CCC(C)N([B]c1ccc2c(c1)OCO2)C(C)CC. The topological polar surface area (TPSA) is 21.7 Å². The second kappa shape index (κ2) is 6.33. The number of nitrogens with zero attached hydrogens (tertiary/aromatic N) is 1. The van der Waals surface area contributed by atoms with Gasteiger partial charge in [0, 0.05) is 0 Å². The first-order valence-electron chi connectivity index (χ1n) is 7.17. The molecule has 1 aromatic rings. The summed E-state index contributed by atoms with van der Waals surface area (Å²) in [6, 6.07) is 7.21. The zero-order chi connectivity index (χ0) is 13.8.